The van der Waals surface area contributed by atoms with Crippen molar-refractivity contribution in [1.82, 2.24) is 0 Å². The standard InChI is InChI=1S/C19H27Br2NO4/c1-14(2)22-26-11-10-23-7-5-8-25-19-15(3)12-17(13-16(19)4)24-9-6-18(20)21/h6,12-13H,5,7-11H2,1-4H3. The molecular formula is C19H27Br2NO4. The van der Waals surface area contributed by atoms with Crippen molar-refractivity contribution >= 4 is 37.6 Å². The molecule has 0 saturated heterocycles. The second-order valence-corrected chi connectivity index (χ2v) is 8.65. The highest BCUT2D eigenvalue weighted by atomic mass is 79.9. The molecule has 0 radical (unpaired) electrons. The molecule has 1 rings (SSSR count). The average molecular weight is 493 g/mol. The minimum Gasteiger partial charge on any atom is -0.493 e. The number of aryl methyl sites for hydroxylation is 2. The van der Waals surface area contributed by atoms with E-state index >= 15 is 0 Å². The van der Waals surface area contributed by atoms with Crippen molar-refractivity contribution in [2.75, 3.05) is 33.0 Å². The number of hydrogen-bond donors (Lipinski definition) is 0. The summed E-state index contributed by atoms with van der Waals surface area (Å²) in [5, 5.41) is 3.85. The zero-order valence-electron chi connectivity index (χ0n) is 15.8. The lowest BCUT2D eigenvalue weighted by atomic mass is 10.1. The van der Waals surface area contributed by atoms with Crippen molar-refractivity contribution < 1.29 is 19.0 Å². The maximum absolute atomic E-state index is 5.91. The van der Waals surface area contributed by atoms with Gasteiger partial charge in [-0.1, -0.05) is 5.16 Å². The first-order valence-electron chi connectivity index (χ1n) is 8.49. The van der Waals surface area contributed by atoms with Crippen LogP contribution in [-0.2, 0) is 9.57 Å². The quantitative estimate of drug-likeness (QED) is 0.219. The Morgan fingerprint density at radius 1 is 1.00 bits per heavy atom. The van der Waals surface area contributed by atoms with Crippen LogP contribution in [-0.4, -0.2) is 38.7 Å². The Labute approximate surface area is 173 Å². The summed E-state index contributed by atoms with van der Waals surface area (Å²) in [6, 6.07) is 3.98. The highest BCUT2D eigenvalue weighted by molar-refractivity contribution is 9.28. The van der Waals surface area contributed by atoms with E-state index in [1.54, 1.807) is 0 Å². The minimum absolute atomic E-state index is 0.465. The van der Waals surface area contributed by atoms with Gasteiger partial charge in [0.05, 0.1) is 22.3 Å². The largest absolute Gasteiger partial charge is 0.493 e. The molecule has 0 aliphatic heterocycles. The molecule has 26 heavy (non-hydrogen) atoms. The minimum atomic E-state index is 0.465. The van der Waals surface area contributed by atoms with E-state index in [0.717, 1.165) is 38.2 Å². The third-order valence-corrected chi connectivity index (χ3v) is 3.81. The molecule has 0 bridgehead atoms. The predicted octanol–water partition coefficient (Wildman–Crippen LogP) is 5.51. The van der Waals surface area contributed by atoms with Crippen molar-refractivity contribution in [1.29, 1.82) is 0 Å². The van der Waals surface area contributed by atoms with E-state index in [2.05, 4.69) is 37.0 Å². The lowest BCUT2D eigenvalue weighted by Crippen LogP contribution is -2.08. The fraction of sp³-hybridized carbons (Fsp3) is 0.526. The fourth-order valence-electron chi connectivity index (χ4n) is 2.13. The van der Waals surface area contributed by atoms with Crippen LogP contribution in [0.1, 0.15) is 31.4 Å². The van der Waals surface area contributed by atoms with Crippen molar-refractivity contribution in [2.24, 2.45) is 5.16 Å². The highest BCUT2D eigenvalue weighted by Crippen LogP contribution is 2.28. The Hall–Kier alpha value is -1.05. The van der Waals surface area contributed by atoms with Gasteiger partial charge in [-0.2, -0.15) is 0 Å². The molecule has 0 atom stereocenters. The number of ether oxygens (including phenoxy) is 3. The van der Waals surface area contributed by atoms with Crippen LogP contribution in [0.3, 0.4) is 0 Å². The summed E-state index contributed by atoms with van der Waals surface area (Å²) >= 11 is 6.62. The summed E-state index contributed by atoms with van der Waals surface area (Å²) in [5.74, 6) is 1.74. The lowest BCUT2D eigenvalue weighted by Gasteiger charge is -2.14. The van der Waals surface area contributed by atoms with Crippen LogP contribution >= 0.6 is 31.9 Å². The Bertz CT molecular complexity index is 587. The maximum atomic E-state index is 5.91. The van der Waals surface area contributed by atoms with Crippen molar-refractivity contribution in [3.63, 3.8) is 0 Å². The summed E-state index contributed by atoms with van der Waals surface area (Å²) in [6.07, 6.45) is 2.72. The molecule has 1 aromatic carbocycles. The van der Waals surface area contributed by atoms with E-state index in [1.807, 2.05) is 45.9 Å². The van der Waals surface area contributed by atoms with Crippen LogP contribution < -0.4 is 9.47 Å². The van der Waals surface area contributed by atoms with Gasteiger partial charge in [0, 0.05) is 13.0 Å². The molecule has 0 fully saturated rings. The topological polar surface area (TPSA) is 49.3 Å². The molecule has 0 aliphatic carbocycles. The molecular weight excluding hydrogens is 466 g/mol. The van der Waals surface area contributed by atoms with Gasteiger partial charge in [-0.25, -0.2) is 0 Å². The molecule has 146 valence electrons. The van der Waals surface area contributed by atoms with Crippen molar-refractivity contribution in [3.8, 4) is 11.5 Å². The van der Waals surface area contributed by atoms with Gasteiger partial charge in [0.15, 0.2) is 0 Å². The van der Waals surface area contributed by atoms with Gasteiger partial charge in [0.2, 0.25) is 0 Å². The molecule has 0 amide bonds. The van der Waals surface area contributed by atoms with Gasteiger partial charge in [-0.15, -0.1) is 0 Å². The molecule has 0 saturated carbocycles. The van der Waals surface area contributed by atoms with Gasteiger partial charge >= 0.3 is 0 Å². The van der Waals surface area contributed by atoms with E-state index < -0.39 is 0 Å². The molecule has 7 heteroatoms. The third-order valence-electron chi connectivity index (χ3n) is 3.17. The zero-order chi connectivity index (χ0) is 19.4. The Balaban J connectivity index is 2.30. The second-order valence-electron chi connectivity index (χ2n) is 5.88. The second kappa shape index (κ2) is 13.2. The SMILES string of the molecule is CC(C)=NOCCOCCCOc1c(C)cc(OCC=C(Br)Br)cc1C. The van der Waals surface area contributed by atoms with E-state index in [-0.39, 0.29) is 0 Å². The highest BCUT2D eigenvalue weighted by Gasteiger charge is 2.07. The van der Waals surface area contributed by atoms with Gasteiger partial charge in [0.25, 0.3) is 0 Å². The number of nitrogens with zero attached hydrogens (tertiary/aromatic N) is 1. The summed E-state index contributed by atoms with van der Waals surface area (Å²) in [5.41, 5.74) is 3.01. The average Bonchev–Trinajstić information content (AvgIpc) is 2.54. The monoisotopic (exact) mass is 491 g/mol. The molecule has 0 aromatic heterocycles. The first kappa shape index (κ1) is 23.0. The molecule has 5 nitrogen and oxygen atoms in total. The van der Waals surface area contributed by atoms with Crippen LogP contribution in [0.5, 0.6) is 11.5 Å². The van der Waals surface area contributed by atoms with Gasteiger partial charge in [-0.3, -0.25) is 0 Å². The Morgan fingerprint density at radius 3 is 2.31 bits per heavy atom. The van der Waals surface area contributed by atoms with E-state index in [1.165, 1.54) is 0 Å². The van der Waals surface area contributed by atoms with E-state index in [9.17, 15) is 0 Å². The van der Waals surface area contributed by atoms with Crippen LogP contribution in [0.4, 0.5) is 0 Å². The van der Waals surface area contributed by atoms with Gasteiger partial charge in [-0.05, 0) is 88.9 Å². The van der Waals surface area contributed by atoms with Crippen molar-refractivity contribution in [2.45, 2.75) is 34.1 Å². The third kappa shape index (κ3) is 10.2. The molecule has 0 unspecified atom stereocenters. The lowest BCUT2D eigenvalue weighted by molar-refractivity contribution is 0.0461. The molecule has 0 spiro atoms. The molecule has 1 aromatic rings. The molecule has 0 N–H and O–H groups in total. The first-order chi connectivity index (χ1) is 12.4. The normalized spacial score (nSPS) is 10.2. The number of hydrogen-bond acceptors (Lipinski definition) is 5. The van der Waals surface area contributed by atoms with Crippen LogP contribution in [0.25, 0.3) is 0 Å². The summed E-state index contributed by atoms with van der Waals surface area (Å²) in [4.78, 5) is 5.07. The van der Waals surface area contributed by atoms with Crippen LogP contribution in [0, 0.1) is 13.8 Å². The number of benzene rings is 1. The smallest absolute Gasteiger partial charge is 0.140 e. The number of rotatable bonds is 12. The molecule has 0 heterocycles. The predicted molar refractivity (Wildman–Crippen MR) is 113 cm³/mol. The van der Waals surface area contributed by atoms with Gasteiger partial charge in [0.1, 0.15) is 24.7 Å². The first-order valence-corrected chi connectivity index (χ1v) is 10.1. The Morgan fingerprint density at radius 2 is 1.69 bits per heavy atom. The van der Waals surface area contributed by atoms with Crippen LogP contribution in [0.15, 0.2) is 26.8 Å². The fourth-order valence-corrected chi connectivity index (χ4v) is 2.39. The Kier molecular flexibility index (Phi) is 11.6. The van der Waals surface area contributed by atoms with Gasteiger partial charge < -0.3 is 19.0 Å². The van der Waals surface area contributed by atoms with Crippen LogP contribution in [0.2, 0.25) is 0 Å². The number of oxime groups is 1. The molecule has 0 aliphatic rings. The zero-order valence-corrected chi connectivity index (χ0v) is 19.0. The maximum Gasteiger partial charge on any atom is 0.140 e. The summed E-state index contributed by atoms with van der Waals surface area (Å²) in [7, 11) is 0. The summed E-state index contributed by atoms with van der Waals surface area (Å²) in [6.45, 7) is 10.5. The van der Waals surface area contributed by atoms with E-state index in [0.29, 0.717) is 33.0 Å². The van der Waals surface area contributed by atoms with Crippen molar-refractivity contribution in [3.05, 3.63) is 32.7 Å². The van der Waals surface area contributed by atoms with E-state index in [4.69, 9.17) is 19.0 Å². The summed E-state index contributed by atoms with van der Waals surface area (Å²) < 4.78 is 18.0. The number of halogens is 2.